The minimum Gasteiger partial charge on any atom is -0.330 e. The molecule has 2 N–H and O–H groups in total. The highest BCUT2D eigenvalue weighted by atomic mass is 19.1. The molecule has 10 heavy (non-hydrogen) atoms. The first-order chi connectivity index (χ1) is 4.58. The smallest absolute Gasteiger partial charge is 0.132 e. The maximum atomic E-state index is 13.3. The molecule has 0 unspecified atom stereocenters. The van der Waals surface area contributed by atoms with E-state index in [4.69, 9.17) is 5.73 Å². The molecular weight excluding hydrogens is 129 g/mol. The molecule has 1 aliphatic carbocycles. The minimum absolute atomic E-state index is 0.390. The Morgan fingerprint density at radius 3 is 2.60 bits per heavy atom. The second-order valence-corrected chi connectivity index (χ2v) is 3.26. The van der Waals surface area contributed by atoms with Crippen LogP contribution in [-0.4, -0.2) is 12.2 Å². The predicted octanol–water partition coefficient (Wildman–Crippen LogP) is 1.64. The Kier molecular flexibility index (Phi) is 1.82. The van der Waals surface area contributed by atoms with Crippen molar-refractivity contribution in [2.45, 2.75) is 25.4 Å². The zero-order valence-corrected chi connectivity index (χ0v) is 6.36. The first-order valence-electron chi connectivity index (χ1n) is 3.63. The molecule has 0 radical (unpaired) electrons. The molecule has 0 bridgehead atoms. The highest BCUT2D eigenvalue weighted by Gasteiger charge is 2.44. The van der Waals surface area contributed by atoms with E-state index in [-0.39, 0.29) is 0 Å². The average molecular weight is 143 g/mol. The molecule has 0 atom stereocenters. The lowest BCUT2D eigenvalue weighted by Gasteiger charge is -2.41. The van der Waals surface area contributed by atoms with Gasteiger partial charge in [0.1, 0.15) is 5.67 Å². The average Bonchev–Trinajstić information content (AvgIpc) is 1.80. The van der Waals surface area contributed by atoms with Gasteiger partial charge in [0.15, 0.2) is 0 Å². The third kappa shape index (κ3) is 1.08. The van der Waals surface area contributed by atoms with Crippen LogP contribution < -0.4 is 5.73 Å². The van der Waals surface area contributed by atoms with Crippen LogP contribution in [0.4, 0.5) is 4.39 Å². The third-order valence-corrected chi connectivity index (χ3v) is 2.32. The molecule has 1 rings (SSSR count). The number of alkyl halides is 1. The summed E-state index contributed by atoms with van der Waals surface area (Å²) < 4.78 is 13.3. The van der Waals surface area contributed by atoms with Gasteiger partial charge in [-0.05, 0) is 37.8 Å². The topological polar surface area (TPSA) is 26.0 Å². The molecule has 0 aromatic heterocycles. The molecule has 58 valence electrons. The zero-order valence-electron chi connectivity index (χ0n) is 6.36. The molecule has 0 aromatic rings. The predicted molar refractivity (Wildman–Crippen MR) is 40.4 cm³/mol. The molecule has 0 aliphatic heterocycles. The number of hydrogen-bond acceptors (Lipinski definition) is 1. The van der Waals surface area contributed by atoms with Gasteiger partial charge in [0.2, 0.25) is 0 Å². The van der Waals surface area contributed by atoms with Crippen molar-refractivity contribution < 1.29 is 4.39 Å². The molecule has 1 nitrogen and oxygen atoms in total. The summed E-state index contributed by atoms with van der Waals surface area (Å²) in [4.78, 5) is 0. The Labute approximate surface area is 61.1 Å². The van der Waals surface area contributed by atoms with Crippen molar-refractivity contribution in [3.05, 3.63) is 12.2 Å². The number of allylic oxidation sites excluding steroid dienone is 1. The molecule has 1 aliphatic rings. The third-order valence-electron chi connectivity index (χ3n) is 2.32. The second kappa shape index (κ2) is 2.35. The Balaban J connectivity index is 2.42. The van der Waals surface area contributed by atoms with Gasteiger partial charge in [-0.2, -0.15) is 0 Å². The second-order valence-electron chi connectivity index (χ2n) is 3.26. The van der Waals surface area contributed by atoms with Crippen molar-refractivity contribution in [3.8, 4) is 0 Å². The summed E-state index contributed by atoms with van der Waals surface area (Å²) in [6, 6.07) is 0. The molecule has 0 heterocycles. The largest absolute Gasteiger partial charge is 0.330 e. The minimum atomic E-state index is -1.08. The van der Waals surface area contributed by atoms with E-state index in [2.05, 4.69) is 6.58 Å². The van der Waals surface area contributed by atoms with Crippen molar-refractivity contribution in [2.24, 2.45) is 11.7 Å². The van der Waals surface area contributed by atoms with Crippen LogP contribution in [-0.2, 0) is 0 Å². The summed E-state index contributed by atoms with van der Waals surface area (Å²) in [6.07, 6.45) is 1.16. The van der Waals surface area contributed by atoms with Gasteiger partial charge >= 0.3 is 0 Å². The van der Waals surface area contributed by atoms with Crippen molar-refractivity contribution in [1.29, 1.82) is 0 Å². The van der Waals surface area contributed by atoms with Crippen LogP contribution in [0.15, 0.2) is 12.2 Å². The number of nitrogens with two attached hydrogens (primary N) is 1. The lowest BCUT2D eigenvalue weighted by Crippen LogP contribution is -2.43. The number of hydrogen-bond donors (Lipinski definition) is 1. The van der Waals surface area contributed by atoms with Gasteiger partial charge in [0.05, 0.1) is 0 Å². The molecular formula is C8H14FN. The van der Waals surface area contributed by atoms with E-state index in [9.17, 15) is 4.39 Å². The number of rotatable bonds is 2. The maximum Gasteiger partial charge on any atom is 0.132 e. The van der Waals surface area contributed by atoms with Crippen molar-refractivity contribution in [2.75, 3.05) is 6.54 Å². The fraction of sp³-hybridized carbons (Fsp3) is 0.750. The Morgan fingerprint density at radius 1 is 1.80 bits per heavy atom. The van der Waals surface area contributed by atoms with Crippen LogP contribution in [0.5, 0.6) is 0 Å². The SMILES string of the molecule is C=C(C)C1(F)CC(CN)C1. The van der Waals surface area contributed by atoms with Gasteiger partial charge < -0.3 is 5.73 Å². The maximum absolute atomic E-state index is 13.3. The van der Waals surface area contributed by atoms with Gasteiger partial charge in [-0.1, -0.05) is 6.58 Å². The summed E-state index contributed by atoms with van der Waals surface area (Å²) >= 11 is 0. The Morgan fingerprint density at radius 2 is 2.30 bits per heavy atom. The van der Waals surface area contributed by atoms with E-state index < -0.39 is 5.67 Å². The van der Waals surface area contributed by atoms with Crippen LogP contribution >= 0.6 is 0 Å². The molecule has 0 aromatic carbocycles. The van der Waals surface area contributed by atoms with Crippen molar-refractivity contribution in [1.82, 2.24) is 0 Å². The molecule has 1 fully saturated rings. The number of halogens is 1. The summed E-state index contributed by atoms with van der Waals surface area (Å²) in [7, 11) is 0. The summed E-state index contributed by atoms with van der Waals surface area (Å²) in [6.45, 7) is 5.95. The van der Waals surface area contributed by atoms with Gasteiger partial charge in [0.25, 0.3) is 0 Å². The van der Waals surface area contributed by atoms with Gasteiger partial charge in [-0.3, -0.25) is 0 Å². The van der Waals surface area contributed by atoms with E-state index in [1.165, 1.54) is 0 Å². The molecule has 2 heteroatoms. The van der Waals surface area contributed by atoms with E-state index >= 15 is 0 Å². The van der Waals surface area contributed by atoms with Crippen LogP contribution in [0.1, 0.15) is 19.8 Å². The standard InChI is InChI=1S/C8H14FN/c1-6(2)8(9)3-7(4-8)5-10/h7H,1,3-5,10H2,2H3. The Bertz CT molecular complexity index is 147. The quantitative estimate of drug-likeness (QED) is 0.584. The molecule has 0 spiro atoms. The molecule has 0 amide bonds. The lowest BCUT2D eigenvalue weighted by molar-refractivity contribution is 0.0474. The van der Waals surface area contributed by atoms with Crippen LogP contribution in [0, 0.1) is 5.92 Å². The Hall–Kier alpha value is -0.370. The lowest BCUT2D eigenvalue weighted by atomic mass is 9.69. The van der Waals surface area contributed by atoms with Gasteiger partial charge in [0, 0.05) is 0 Å². The van der Waals surface area contributed by atoms with Gasteiger partial charge in [-0.15, -0.1) is 0 Å². The summed E-state index contributed by atoms with van der Waals surface area (Å²) in [5.74, 6) is 0.390. The highest BCUT2D eigenvalue weighted by molar-refractivity contribution is 5.16. The van der Waals surface area contributed by atoms with E-state index in [0.29, 0.717) is 30.9 Å². The normalized spacial score (nSPS) is 38.9. The van der Waals surface area contributed by atoms with Crippen LogP contribution in [0.25, 0.3) is 0 Å². The first kappa shape index (κ1) is 7.73. The summed E-state index contributed by atoms with van der Waals surface area (Å²) in [5, 5.41) is 0. The van der Waals surface area contributed by atoms with Crippen LogP contribution in [0.3, 0.4) is 0 Å². The molecule has 1 saturated carbocycles. The highest BCUT2D eigenvalue weighted by Crippen LogP contribution is 2.44. The van der Waals surface area contributed by atoms with Crippen LogP contribution in [0.2, 0.25) is 0 Å². The van der Waals surface area contributed by atoms with Crippen molar-refractivity contribution in [3.63, 3.8) is 0 Å². The monoisotopic (exact) mass is 143 g/mol. The van der Waals surface area contributed by atoms with Gasteiger partial charge in [-0.25, -0.2) is 4.39 Å². The zero-order chi connectivity index (χ0) is 7.78. The fourth-order valence-electron chi connectivity index (χ4n) is 1.37. The van der Waals surface area contributed by atoms with E-state index in [0.717, 1.165) is 0 Å². The van der Waals surface area contributed by atoms with E-state index in [1.807, 2.05) is 0 Å². The summed E-state index contributed by atoms with van der Waals surface area (Å²) in [5.41, 5.74) is 4.93. The van der Waals surface area contributed by atoms with Crippen molar-refractivity contribution >= 4 is 0 Å². The van der Waals surface area contributed by atoms with E-state index in [1.54, 1.807) is 6.92 Å². The first-order valence-corrected chi connectivity index (χ1v) is 3.63. The fourth-order valence-corrected chi connectivity index (χ4v) is 1.37. The molecule has 0 saturated heterocycles.